The van der Waals surface area contributed by atoms with Crippen LogP contribution in [0.2, 0.25) is 0 Å². The second kappa shape index (κ2) is 12.9. The Bertz CT molecular complexity index is 2670. The predicted molar refractivity (Wildman–Crippen MR) is 217 cm³/mol. The number of para-hydroxylation sites is 3. The molecule has 2 N–H and O–H groups in total. The molecule has 4 heteroatoms. The van der Waals surface area contributed by atoms with Crippen LogP contribution in [0.15, 0.2) is 181 Å². The van der Waals surface area contributed by atoms with E-state index >= 15 is 0 Å². The van der Waals surface area contributed by atoms with E-state index in [1.54, 1.807) is 0 Å². The van der Waals surface area contributed by atoms with Gasteiger partial charge in [-0.25, -0.2) is 4.99 Å². The minimum absolute atomic E-state index is 0.261. The number of allylic oxidation sites excluding steroid dienone is 2. The Morgan fingerprint density at radius 3 is 2.00 bits per heavy atom. The lowest BCUT2D eigenvalue weighted by molar-refractivity contribution is 0.730. The van der Waals surface area contributed by atoms with Crippen molar-refractivity contribution in [2.24, 2.45) is 16.6 Å². The third-order valence-corrected chi connectivity index (χ3v) is 10.2. The van der Waals surface area contributed by atoms with Crippen LogP contribution in [0.3, 0.4) is 0 Å². The van der Waals surface area contributed by atoms with Gasteiger partial charge in [0.1, 0.15) is 0 Å². The zero-order chi connectivity index (χ0) is 34.3. The normalized spacial score (nSPS) is 15.8. The summed E-state index contributed by atoms with van der Waals surface area (Å²) < 4.78 is 4.56. The van der Waals surface area contributed by atoms with Crippen LogP contribution in [0.1, 0.15) is 18.9 Å². The topological polar surface area (TPSA) is 48.2 Å². The maximum absolute atomic E-state index is 6.78. The van der Waals surface area contributed by atoms with Crippen LogP contribution in [-0.2, 0) is 0 Å². The first-order chi connectivity index (χ1) is 25.1. The Kier molecular flexibility index (Phi) is 7.79. The monoisotopic (exact) mass is 658 g/mol. The number of aromatic nitrogens is 2. The molecule has 8 aromatic rings. The minimum Gasteiger partial charge on any atom is -0.321 e. The fourth-order valence-corrected chi connectivity index (χ4v) is 7.76. The second-order valence-corrected chi connectivity index (χ2v) is 13.6. The maximum atomic E-state index is 6.78. The number of hydrogen-bond donors (Lipinski definition) is 1. The number of rotatable bonds is 7. The molecule has 1 aliphatic carbocycles. The van der Waals surface area contributed by atoms with Crippen LogP contribution in [0.25, 0.3) is 66.0 Å². The highest BCUT2D eigenvalue weighted by molar-refractivity contribution is 6.20. The molecule has 0 amide bonds. The quantitative estimate of drug-likeness (QED) is 0.134. The molecule has 6 aromatic carbocycles. The zero-order valence-electron chi connectivity index (χ0n) is 28.5. The first-order valence-corrected chi connectivity index (χ1v) is 17.7. The van der Waals surface area contributed by atoms with Gasteiger partial charge in [-0.15, -0.1) is 0 Å². The first kappa shape index (κ1) is 30.8. The van der Waals surface area contributed by atoms with E-state index in [0.29, 0.717) is 5.92 Å². The number of hydrogen-bond acceptors (Lipinski definition) is 2. The average molecular weight is 659 g/mol. The molecular weight excluding hydrogens is 621 g/mol. The van der Waals surface area contributed by atoms with E-state index in [0.717, 1.165) is 28.7 Å². The first-order valence-electron chi connectivity index (χ1n) is 17.7. The molecule has 0 saturated carbocycles. The Morgan fingerprint density at radius 2 is 1.24 bits per heavy atom. The van der Waals surface area contributed by atoms with E-state index in [1.807, 2.05) is 18.6 Å². The Labute approximate surface area is 297 Å². The number of nitrogens with zero attached hydrogens (tertiary/aromatic N) is 3. The summed E-state index contributed by atoms with van der Waals surface area (Å²) in [6.07, 6.45) is 11.3. The molecule has 2 heterocycles. The third kappa shape index (κ3) is 5.60. The summed E-state index contributed by atoms with van der Waals surface area (Å²) >= 11 is 0. The number of aliphatic imine (C=N–C) groups is 1. The van der Waals surface area contributed by atoms with E-state index in [9.17, 15) is 0 Å². The molecule has 2 atom stereocenters. The molecule has 0 saturated heterocycles. The molecule has 0 bridgehead atoms. The maximum Gasteiger partial charge on any atom is 0.0995 e. The molecule has 0 aliphatic heterocycles. The summed E-state index contributed by atoms with van der Waals surface area (Å²) in [5.74, 6) is 0.401. The molecule has 1 aliphatic rings. The van der Waals surface area contributed by atoms with Crippen molar-refractivity contribution in [3.63, 3.8) is 0 Å². The molecule has 246 valence electrons. The summed E-state index contributed by atoms with van der Waals surface area (Å²) in [4.78, 5) is 4.81. The third-order valence-electron chi connectivity index (χ3n) is 10.2. The van der Waals surface area contributed by atoms with Gasteiger partial charge in [0.25, 0.3) is 0 Å². The van der Waals surface area contributed by atoms with Gasteiger partial charge < -0.3 is 10.3 Å². The van der Waals surface area contributed by atoms with E-state index < -0.39 is 0 Å². The van der Waals surface area contributed by atoms with Gasteiger partial charge in [-0.3, -0.25) is 4.57 Å². The smallest absolute Gasteiger partial charge is 0.0995 e. The van der Waals surface area contributed by atoms with Crippen molar-refractivity contribution < 1.29 is 0 Å². The number of nitrogens with two attached hydrogens (primary N) is 1. The van der Waals surface area contributed by atoms with Crippen LogP contribution in [-0.4, -0.2) is 21.5 Å². The van der Waals surface area contributed by atoms with Gasteiger partial charge in [0.2, 0.25) is 0 Å². The van der Waals surface area contributed by atoms with Gasteiger partial charge in [0.05, 0.1) is 28.4 Å². The second-order valence-electron chi connectivity index (χ2n) is 13.6. The number of fused-ring (bicyclic) bond motifs is 6. The summed E-state index contributed by atoms with van der Waals surface area (Å²) in [5, 5.41) is 4.89. The molecule has 51 heavy (non-hydrogen) atoms. The lowest BCUT2D eigenvalue weighted by Gasteiger charge is -2.21. The van der Waals surface area contributed by atoms with Crippen LogP contribution in [0, 0.1) is 5.92 Å². The minimum atomic E-state index is -0.261. The fraction of sp³-hybridized carbons (Fsp3) is 0.0851. The van der Waals surface area contributed by atoms with Crippen LogP contribution < -0.4 is 5.73 Å². The molecular formula is C47H38N4. The highest BCUT2D eigenvalue weighted by atomic mass is 15.0. The largest absolute Gasteiger partial charge is 0.321 e. The SMILES string of the molecule is CC1C=C(C(N)/C=C\N=Cn2c3ccccc3c3cc4c5ccccc5n(-c5ccccc5)c4cc32)C=C(c2ccc(-c3ccccc3)cc2)C1. The lowest BCUT2D eigenvalue weighted by Crippen LogP contribution is -2.21. The summed E-state index contributed by atoms with van der Waals surface area (Å²) in [7, 11) is 0. The van der Waals surface area contributed by atoms with Gasteiger partial charge in [-0.2, -0.15) is 0 Å². The average Bonchev–Trinajstić information content (AvgIpc) is 3.67. The van der Waals surface area contributed by atoms with E-state index in [2.05, 4.69) is 174 Å². The van der Waals surface area contributed by atoms with Crippen molar-refractivity contribution in [3.8, 4) is 16.8 Å². The van der Waals surface area contributed by atoms with Crippen molar-refractivity contribution in [3.05, 3.63) is 181 Å². The zero-order valence-corrected chi connectivity index (χ0v) is 28.5. The van der Waals surface area contributed by atoms with Crippen molar-refractivity contribution >= 4 is 55.5 Å². The van der Waals surface area contributed by atoms with E-state index in [4.69, 9.17) is 10.7 Å². The van der Waals surface area contributed by atoms with Crippen LogP contribution in [0.4, 0.5) is 0 Å². The summed E-state index contributed by atoms with van der Waals surface area (Å²) in [6, 6.07) is 51.6. The number of benzene rings is 6. The molecule has 2 aromatic heterocycles. The van der Waals surface area contributed by atoms with Crippen molar-refractivity contribution in [1.29, 1.82) is 0 Å². The summed E-state index contributed by atoms with van der Waals surface area (Å²) in [6.45, 7) is 2.26. The molecule has 0 fully saturated rings. The van der Waals surface area contributed by atoms with Crippen LogP contribution in [0.5, 0.6) is 0 Å². The molecule has 0 radical (unpaired) electrons. The van der Waals surface area contributed by atoms with Gasteiger partial charge in [-0.05, 0) is 82.6 Å². The van der Waals surface area contributed by atoms with Crippen LogP contribution >= 0.6 is 0 Å². The predicted octanol–water partition coefficient (Wildman–Crippen LogP) is 11.3. The van der Waals surface area contributed by atoms with Crippen molar-refractivity contribution in [2.45, 2.75) is 19.4 Å². The molecule has 2 unspecified atom stereocenters. The Balaban J connectivity index is 1.04. The van der Waals surface area contributed by atoms with Gasteiger partial charge in [0.15, 0.2) is 0 Å². The van der Waals surface area contributed by atoms with Gasteiger partial charge in [-0.1, -0.05) is 128 Å². The highest BCUT2D eigenvalue weighted by Crippen LogP contribution is 2.38. The molecule has 4 nitrogen and oxygen atoms in total. The van der Waals surface area contributed by atoms with E-state index in [-0.39, 0.29) is 6.04 Å². The van der Waals surface area contributed by atoms with Crippen molar-refractivity contribution in [2.75, 3.05) is 0 Å². The Morgan fingerprint density at radius 1 is 0.627 bits per heavy atom. The van der Waals surface area contributed by atoms with E-state index in [1.165, 1.54) is 54.8 Å². The Hall–Kier alpha value is -6.23. The molecule has 9 rings (SSSR count). The summed E-state index contributed by atoms with van der Waals surface area (Å²) in [5.41, 5.74) is 18.6. The lowest BCUT2D eigenvalue weighted by atomic mass is 9.85. The van der Waals surface area contributed by atoms with Gasteiger partial charge >= 0.3 is 0 Å². The molecule has 0 spiro atoms. The fourth-order valence-electron chi connectivity index (χ4n) is 7.76. The van der Waals surface area contributed by atoms with Gasteiger partial charge in [0, 0.05) is 39.5 Å². The van der Waals surface area contributed by atoms with Crippen molar-refractivity contribution in [1.82, 2.24) is 9.13 Å². The highest BCUT2D eigenvalue weighted by Gasteiger charge is 2.18. The standard InChI is InChI=1S/C47H38N4/c1-32-26-36(35-22-20-34(21-23-35)33-12-4-2-5-13-33)28-37(27-32)43(48)24-25-49-31-50-44-18-10-8-16-39(44)41-29-42-40-17-9-11-19-45(40)51(47(42)30-46(41)50)38-14-6-3-7-15-38/h2-25,27-32,43H,26,48H2,1H3/b25-24-,49-31?.